The van der Waals surface area contributed by atoms with Crippen molar-refractivity contribution in [3.8, 4) is 6.07 Å². The number of halogens is 1. The van der Waals surface area contributed by atoms with E-state index in [2.05, 4.69) is 26.9 Å². The Kier molecular flexibility index (Phi) is 8.67. The number of hydrogen-bond donors (Lipinski definition) is 0. The highest BCUT2D eigenvalue weighted by Crippen LogP contribution is 2.22. The first-order valence-corrected chi connectivity index (χ1v) is 11.4. The summed E-state index contributed by atoms with van der Waals surface area (Å²) in [6.45, 7) is 6.32. The first kappa shape index (κ1) is 22.7. The van der Waals surface area contributed by atoms with Crippen LogP contribution in [0.25, 0.3) is 0 Å². The molecule has 7 nitrogen and oxygen atoms in total. The van der Waals surface area contributed by atoms with Gasteiger partial charge in [0.05, 0.1) is 25.7 Å². The van der Waals surface area contributed by atoms with Crippen molar-refractivity contribution in [3.63, 3.8) is 0 Å². The number of hydrogen-bond acceptors (Lipinski definition) is 5. The molecule has 0 saturated carbocycles. The highest BCUT2D eigenvalue weighted by Gasteiger charge is 2.30. The number of likely N-dealkylation sites (tertiary alicyclic amines) is 1. The number of nitrogens with zero attached hydrogens (tertiary/aromatic N) is 4. The molecule has 2 aliphatic rings. The summed E-state index contributed by atoms with van der Waals surface area (Å²) in [5, 5.41) is 8.98. The molecule has 0 aliphatic carbocycles. The monoisotopic (exact) mass is 476 g/mol. The molecule has 2 heterocycles. The lowest BCUT2D eigenvalue weighted by atomic mass is 9.94. The van der Waals surface area contributed by atoms with Crippen molar-refractivity contribution in [2.45, 2.75) is 19.3 Å². The Morgan fingerprint density at radius 2 is 1.77 bits per heavy atom. The molecule has 3 rings (SSSR count). The third-order valence-corrected chi connectivity index (χ3v) is 6.35. The van der Waals surface area contributed by atoms with Gasteiger partial charge in [-0.1, -0.05) is 15.9 Å². The van der Waals surface area contributed by atoms with E-state index in [4.69, 9.17) is 10.00 Å². The Labute approximate surface area is 186 Å². The number of rotatable bonds is 7. The van der Waals surface area contributed by atoms with Gasteiger partial charge in [0.15, 0.2) is 0 Å². The third kappa shape index (κ3) is 6.27. The fraction of sp³-hybridized carbons (Fsp3) is 0.591. The van der Waals surface area contributed by atoms with Crippen LogP contribution in [0.15, 0.2) is 28.7 Å². The van der Waals surface area contributed by atoms with Gasteiger partial charge >= 0.3 is 0 Å². The minimum absolute atomic E-state index is 0.0158. The minimum Gasteiger partial charge on any atom is -0.379 e. The highest BCUT2D eigenvalue weighted by atomic mass is 79.9. The van der Waals surface area contributed by atoms with Gasteiger partial charge in [-0.2, -0.15) is 5.26 Å². The first-order chi connectivity index (χ1) is 14.6. The number of carbonyl (C=O) groups is 2. The maximum Gasteiger partial charge on any atom is 0.253 e. The molecule has 2 saturated heterocycles. The summed E-state index contributed by atoms with van der Waals surface area (Å²) >= 11 is 3.39. The van der Waals surface area contributed by atoms with Crippen molar-refractivity contribution in [2.24, 2.45) is 5.92 Å². The number of morpholine rings is 1. The molecule has 1 aromatic carbocycles. The zero-order valence-electron chi connectivity index (χ0n) is 17.3. The molecule has 0 spiro atoms. The lowest BCUT2D eigenvalue weighted by molar-refractivity contribution is -0.137. The van der Waals surface area contributed by atoms with Gasteiger partial charge in [-0.3, -0.25) is 14.5 Å². The van der Waals surface area contributed by atoms with Gasteiger partial charge < -0.3 is 14.5 Å². The molecule has 0 aromatic heterocycles. The van der Waals surface area contributed by atoms with Crippen molar-refractivity contribution in [1.29, 1.82) is 5.26 Å². The fourth-order valence-electron chi connectivity index (χ4n) is 3.97. The van der Waals surface area contributed by atoms with Crippen molar-refractivity contribution < 1.29 is 14.3 Å². The lowest BCUT2D eigenvalue weighted by Gasteiger charge is -2.35. The van der Waals surface area contributed by atoms with Crippen LogP contribution >= 0.6 is 15.9 Å². The second-order valence-corrected chi connectivity index (χ2v) is 8.68. The van der Waals surface area contributed by atoms with E-state index in [1.165, 1.54) is 0 Å². The Bertz CT molecular complexity index is 751. The maximum atomic E-state index is 13.1. The Hall–Kier alpha value is -1.95. The third-order valence-electron chi connectivity index (χ3n) is 5.82. The minimum atomic E-state index is -0.0812. The van der Waals surface area contributed by atoms with E-state index in [-0.39, 0.29) is 17.7 Å². The van der Waals surface area contributed by atoms with E-state index in [9.17, 15) is 9.59 Å². The number of carbonyl (C=O) groups excluding carboxylic acids is 2. The average molecular weight is 477 g/mol. The van der Waals surface area contributed by atoms with Gasteiger partial charge in [0.2, 0.25) is 5.91 Å². The van der Waals surface area contributed by atoms with Crippen LogP contribution < -0.4 is 0 Å². The topological polar surface area (TPSA) is 76.9 Å². The van der Waals surface area contributed by atoms with Crippen LogP contribution in [0, 0.1) is 17.2 Å². The van der Waals surface area contributed by atoms with E-state index in [1.807, 2.05) is 34.1 Å². The molecule has 8 heteroatoms. The summed E-state index contributed by atoms with van der Waals surface area (Å²) in [5.41, 5.74) is 0.670. The summed E-state index contributed by atoms with van der Waals surface area (Å²) in [7, 11) is 0. The van der Waals surface area contributed by atoms with E-state index >= 15 is 0 Å². The largest absolute Gasteiger partial charge is 0.379 e. The van der Waals surface area contributed by atoms with Crippen LogP contribution in [0.4, 0.5) is 0 Å². The molecule has 0 atom stereocenters. The standard InChI is InChI=1S/C22H29BrN4O3/c23-20-4-2-18(3-5-20)21(28)27-10-6-19(7-11-27)22(29)26(9-1-8-24)13-12-25-14-16-30-17-15-25/h2-5,19H,1,6-7,9-17H2. The molecule has 0 radical (unpaired) electrons. The van der Waals surface area contributed by atoms with Crippen LogP contribution in [0.2, 0.25) is 0 Å². The van der Waals surface area contributed by atoms with E-state index < -0.39 is 0 Å². The van der Waals surface area contributed by atoms with Crippen LogP contribution in [-0.4, -0.2) is 85.5 Å². The number of ether oxygens (including phenoxy) is 1. The van der Waals surface area contributed by atoms with E-state index in [0.717, 1.165) is 37.3 Å². The normalized spacial score (nSPS) is 18.1. The molecule has 1 aromatic rings. The molecule has 2 aliphatic heterocycles. The predicted octanol–water partition coefficient (Wildman–Crippen LogP) is 2.38. The molecule has 0 bridgehead atoms. The molecular weight excluding hydrogens is 448 g/mol. The summed E-state index contributed by atoms with van der Waals surface area (Å²) in [6.07, 6.45) is 1.68. The summed E-state index contributed by atoms with van der Waals surface area (Å²) in [6, 6.07) is 9.52. The Balaban J connectivity index is 1.52. The van der Waals surface area contributed by atoms with Crippen LogP contribution in [0.5, 0.6) is 0 Å². The second kappa shape index (κ2) is 11.4. The molecule has 2 fully saturated rings. The number of benzene rings is 1. The fourth-order valence-corrected chi connectivity index (χ4v) is 4.23. The van der Waals surface area contributed by atoms with Crippen molar-refractivity contribution in [2.75, 3.05) is 59.0 Å². The first-order valence-electron chi connectivity index (χ1n) is 10.6. The van der Waals surface area contributed by atoms with Gasteiger partial charge in [0.25, 0.3) is 5.91 Å². The van der Waals surface area contributed by atoms with Gasteiger partial charge in [-0.25, -0.2) is 0 Å². The maximum absolute atomic E-state index is 13.1. The summed E-state index contributed by atoms with van der Waals surface area (Å²) < 4.78 is 6.32. The molecule has 162 valence electrons. The predicted molar refractivity (Wildman–Crippen MR) is 117 cm³/mol. The lowest BCUT2D eigenvalue weighted by Crippen LogP contribution is -2.47. The number of nitriles is 1. The number of piperidine rings is 1. The summed E-state index contributed by atoms with van der Waals surface area (Å²) in [5.74, 6) is 0.0543. The van der Waals surface area contributed by atoms with Crippen molar-refractivity contribution in [1.82, 2.24) is 14.7 Å². The molecular formula is C22H29BrN4O3. The average Bonchev–Trinajstić information content (AvgIpc) is 2.79. The highest BCUT2D eigenvalue weighted by molar-refractivity contribution is 9.10. The molecule has 0 N–H and O–H groups in total. The summed E-state index contributed by atoms with van der Waals surface area (Å²) in [4.78, 5) is 31.8. The zero-order valence-corrected chi connectivity index (χ0v) is 18.8. The van der Waals surface area contributed by atoms with Crippen molar-refractivity contribution in [3.05, 3.63) is 34.3 Å². The molecule has 0 unspecified atom stereocenters. The van der Waals surface area contributed by atoms with Crippen LogP contribution in [0.1, 0.15) is 29.6 Å². The quantitative estimate of drug-likeness (QED) is 0.603. The van der Waals surface area contributed by atoms with Gasteiger partial charge in [0, 0.05) is 61.8 Å². The van der Waals surface area contributed by atoms with Crippen LogP contribution in [-0.2, 0) is 9.53 Å². The Morgan fingerprint density at radius 1 is 1.10 bits per heavy atom. The van der Waals surface area contributed by atoms with Crippen molar-refractivity contribution >= 4 is 27.7 Å². The molecule has 30 heavy (non-hydrogen) atoms. The Morgan fingerprint density at radius 3 is 2.40 bits per heavy atom. The SMILES string of the molecule is N#CCCN(CCN1CCOCC1)C(=O)C1CCN(C(=O)c2ccc(Br)cc2)CC1. The molecule has 2 amide bonds. The van der Waals surface area contributed by atoms with E-state index in [0.29, 0.717) is 51.0 Å². The second-order valence-electron chi connectivity index (χ2n) is 7.76. The zero-order chi connectivity index (χ0) is 21.3. The number of amides is 2. The van der Waals surface area contributed by atoms with Gasteiger partial charge in [0.1, 0.15) is 0 Å². The smallest absolute Gasteiger partial charge is 0.253 e. The van der Waals surface area contributed by atoms with Gasteiger partial charge in [-0.05, 0) is 37.1 Å². The van der Waals surface area contributed by atoms with E-state index in [1.54, 1.807) is 0 Å². The van der Waals surface area contributed by atoms with Crippen LogP contribution in [0.3, 0.4) is 0 Å². The van der Waals surface area contributed by atoms with Gasteiger partial charge in [-0.15, -0.1) is 0 Å².